The number of imidazole rings is 1. The van der Waals surface area contributed by atoms with Gasteiger partial charge in [0.2, 0.25) is 5.95 Å². The minimum absolute atomic E-state index is 0.0760. The normalized spacial score (nSPS) is 11.0. The first-order valence-corrected chi connectivity index (χ1v) is 8.08. The Bertz CT molecular complexity index is 1060. The van der Waals surface area contributed by atoms with Crippen molar-refractivity contribution in [3.8, 4) is 11.1 Å². The van der Waals surface area contributed by atoms with E-state index in [2.05, 4.69) is 56.3 Å². The van der Waals surface area contributed by atoms with Crippen LogP contribution in [0, 0.1) is 0 Å². The molecule has 0 radical (unpaired) electrons. The molecule has 0 bridgehead atoms. The van der Waals surface area contributed by atoms with E-state index < -0.39 is 0 Å². The van der Waals surface area contributed by atoms with Crippen molar-refractivity contribution in [2.24, 2.45) is 0 Å². The summed E-state index contributed by atoms with van der Waals surface area (Å²) in [7, 11) is 0. The maximum absolute atomic E-state index is 11.8. The van der Waals surface area contributed by atoms with E-state index in [9.17, 15) is 4.79 Å². The zero-order valence-corrected chi connectivity index (χ0v) is 13.5. The van der Waals surface area contributed by atoms with Crippen molar-refractivity contribution in [3.05, 3.63) is 76.3 Å². The van der Waals surface area contributed by atoms with Crippen molar-refractivity contribution in [2.75, 3.05) is 5.73 Å². The summed E-state index contributed by atoms with van der Waals surface area (Å²) in [6, 6.07) is 18.8. The summed E-state index contributed by atoms with van der Waals surface area (Å²) in [5.74, 6) is 0.804. The van der Waals surface area contributed by atoms with Crippen LogP contribution in [0.4, 0.5) is 5.95 Å². The fraction of sp³-hybridized carbons (Fsp3) is 0.105. The van der Waals surface area contributed by atoms with Crippen molar-refractivity contribution >= 4 is 17.1 Å². The Kier molecular flexibility index (Phi) is 3.78. The molecule has 0 atom stereocenters. The Labute approximate surface area is 143 Å². The van der Waals surface area contributed by atoms with E-state index >= 15 is 0 Å². The van der Waals surface area contributed by atoms with Crippen LogP contribution in [0.15, 0.2) is 59.4 Å². The average molecular weight is 331 g/mol. The highest BCUT2D eigenvalue weighted by atomic mass is 16.1. The highest BCUT2D eigenvalue weighted by Crippen LogP contribution is 2.19. The molecule has 0 aliphatic carbocycles. The van der Waals surface area contributed by atoms with E-state index in [0.29, 0.717) is 17.6 Å². The van der Waals surface area contributed by atoms with Gasteiger partial charge >= 0.3 is 0 Å². The number of rotatable bonds is 4. The van der Waals surface area contributed by atoms with E-state index in [1.807, 2.05) is 18.2 Å². The van der Waals surface area contributed by atoms with Crippen LogP contribution in [0.5, 0.6) is 0 Å². The molecule has 2 aromatic heterocycles. The third-order valence-electron chi connectivity index (χ3n) is 4.14. The van der Waals surface area contributed by atoms with E-state index in [1.165, 1.54) is 16.7 Å². The van der Waals surface area contributed by atoms with Crippen molar-refractivity contribution in [1.82, 2.24) is 19.9 Å². The lowest BCUT2D eigenvalue weighted by atomic mass is 10.0. The average Bonchev–Trinajstić information content (AvgIpc) is 3.04. The first-order chi connectivity index (χ1) is 12.2. The second-order valence-corrected chi connectivity index (χ2v) is 5.90. The number of aromatic nitrogens is 4. The molecule has 0 fully saturated rings. The molecule has 0 aliphatic rings. The number of anilines is 1. The number of nitrogens with two attached hydrogens (primary N) is 1. The number of H-pyrrole nitrogens is 2. The molecule has 2 heterocycles. The molecule has 4 aromatic rings. The number of hydrogen-bond acceptors (Lipinski definition) is 4. The molecule has 25 heavy (non-hydrogen) atoms. The molecular formula is C19H17N5O. The number of nitrogens with zero attached hydrogens (tertiary/aromatic N) is 2. The van der Waals surface area contributed by atoms with Crippen molar-refractivity contribution < 1.29 is 0 Å². The molecule has 124 valence electrons. The van der Waals surface area contributed by atoms with Gasteiger partial charge in [0.15, 0.2) is 11.2 Å². The number of hydrogen-bond donors (Lipinski definition) is 3. The smallest absolute Gasteiger partial charge is 0.278 e. The van der Waals surface area contributed by atoms with Gasteiger partial charge in [0.25, 0.3) is 5.56 Å². The van der Waals surface area contributed by atoms with E-state index in [-0.39, 0.29) is 11.5 Å². The zero-order valence-electron chi connectivity index (χ0n) is 13.5. The standard InChI is InChI=1S/C19H17N5O/c20-19-23-17-16(18(25)24-19)21-15(22-17)11-8-12-6-9-14(10-7-12)13-4-2-1-3-5-13/h1-7,9-10H,8,11H2,(H4,20,21,22,23,24,25). The van der Waals surface area contributed by atoms with Crippen molar-refractivity contribution in [2.45, 2.75) is 12.8 Å². The number of aryl methyl sites for hydroxylation is 2. The largest absolute Gasteiger partial charge is 0.369 e. The summed E-state index contributed by atoms with van der Waals surface area (Å²) in [6.45, 7) is 0. The van der Waals surface area contributed by atoms with Gasteiger partial charge in [-0.15, -0.1) is 0 Å². The van der Waals surface area contributed by atoms with Gasteiger partial charge in [-0.25, -0.2) is 4.98 Å². The minimum Gasteiger partial charge on any atom is -0.369 e. The fourth-order valence-electron chi connectivity index (χ4n) is 2.85. The van der Waals surface area contributed by atoms with E-state index in [4.69, 9.17) is 5.73 Å². The van der Waals surface area contributed by atoms with Gasteiger partial charge in [-0.2, -0.15) is 4.98 Å². The zero-order chi connectivity index (χ0) is 17.2. The molecule has 0 aliphatic heterocycles. The van der Waals surface area contributed by atoms with Crippen molar-refractivity contribution in [1.29, 1.82) is 0 Å². The van der Waals surface area contributed by atoms with Gasteiger partial charge in [0, 0.05) is 6.42 Å². The number of aromatic amines is 2. The summed E-state index contributed by atoms with van der Waals surface area (Å²) >= 11 is 0. The van der Waals surface area contributed by atoms with Gasteiger partial charge in [-0.05, 0) is 23.1 Å². The molecule has 4 N–H and O–H groups in total. The number of nitrogen functional groups attached to an aromatic ring is 1. The van der Waals surface area contributed by atoms with E-state index in [0.717, 1.165) is 12.2 Å². The Morgan fingerprint density at radius 3 is 2.32 bits per heavy atom. The predicted octanol–water partition coefficient (Wildman–Crippen LogP) is 2.68. The van der Waals surface area contributed by atoms with Crippen LogP contribution in [0.2, 0.25) is 0 Å². The van der Waals surface area contributed by atoms with Gasteiger partial charge in [0.05, 0.1) is 0 Å². The molecule has 0 saturated carbocycles. The van der Waals surface area contributed by atoms with Crippen LogP contribution in [0.1, 0.15) is 11.4 Å². The first-order valence-electron chi connectivity index (χ1n) is 8.08. The summed E-state index contributed by atoms with van der Waals surface area (Å²) in [4.78, 5) is 25.7. The maximum Gasteiger partial charge on any atom is 0.278 e. The van der Waals surface area contributed by atoms with Crippen molar-refractivity contribution in [3.63, 3.8) is 0 Å². The molecular weight excluding hydrogens is 314 g/mol. The van der Waals surface area contributed by atoms with Crippen LogP contribution >= 0.6 is 0 Å². The van der Waals surface area contributed by atoms with Crippen LogP contribution in [-0.2, 0) is 12.8 Å². The molecule has 6 heteroatoms. The summed E-state index contributed by atoms with van der Waals surface area (Å²) in [6.07, 6.45) is 1.52. The molecule has 0 amide bonds. The summed E-state index contributed by atoms with van der Waals surface area (Å²) < 4.78 is 0. The van der Waals surface area contributed by atoms with Gasteiger partial charge < -0.3 is 10.7 Å². The molecule has 6 nitrogen and oxygen atoms in total. The lowest BCUT2D eigenvalue weighted by Gasteiger charge is -2.04. The number of fused-ring (bicyclic) bond motifs is 1. The molecule has 0 saturated heterocycles. The Hall–Kier alpha value is -3.41. The highest BCUT2D eigenvalue weighted by molar-refractivity contribution is 5.70. The molecule has 0 unspecified atom stereocenters. The number of nitrogens with one attached hydrogen (secondary N) is 2. The topological polar surface area (TPSA) is 100 Å². The minimum atomic E-state index is -0.298. The second-order valence-electron chi connectivity index (χ2n) is 5.90. The predicted molar refractivity (Wildman–Crippen MR) is 98.2 cm³/mol. The van der Waals surface area contributed by atoms with E-state index in [1.54, 1.807) is 0 Å². The van der Waals surface area contributed by atoms with Crippen LogP contribution in [0.25, 0.3) is 22.3 Å². The second kappa shape index (κ2) is 6.24. The number of benzene rings is 2. The van der Waals surface area contributed by atoms with Crippen LogP contribution in [0.3, 0.4) is 0 Å². The fourth-order valence-corrected chi connectivity index (χ4v) is 2.85. The lowest BCUT2D eigenvalue weighted by molar-refractivity contribution is 0.889. The van der Waals surface area contributed by atoms with Crippen LogP contribution < -0.4 is 11.3 Å². The van der Waals surface area contributed by atoms with Gasteiger partial charge in [-0.3, -0.25) is 9.78 Å². The molecule has 0 spiro atoms. The SMILES string of the molecule is Nc1nc2nc(CCc3ccc(-c4ccccc4)cc3)[nH]c2c(=O)[nH]1. The molecule has 2 aromatic carbocycles. The monoisotopic (exact) mass is 331 g/mol. The Morgan fingerprint density at radius 1 is 0.840 bits per heavy atom. The third kappa shape index (κ3) is 3.14. The summed E-state index contributed by atoms with van der Waals surface area (Å²) in [5.41, 5.74) is 9.57. The summed E-state index contributed by atoms with van der Waals surface area (Å²) in [5, 5.41) is 0. The lowest BCUT2D eigenvalue weighted by Crippen LogP contribution is -2.10. The maximum atomic E-state index is 11.8. The highest BCUT2D eigenvalue weighted by Gasteiger charge is 2.09. The third-order valence-corrected chi connectivity index (χ3v) is 4.14. The Morgan fingerprint density at radius 2 is 1.56 bits per heavy atom. The first kappa shape index (κ1) is 15.1. The van der Waals surface area contributed by atoms with Crippen LogP contribution in [-0.4, -0.2) is 19.9 Å². The van der Waals surface area contributed by atoms with Gasteiger partial charge in [0.1, 0.15) is 5.82 Å². The van der Waals surface area contributed by atoms with Gasteiger partial charge in [-0.1, -0.05) is 54.6 Å². The quantitative estimate of drug-likeness (QED) is 0.535. The Balaban J connectivity index is 1.50. The molecule has 4 rings (SSSR count).